The van der Waals surface area contributed by atoms with Crippen LogP contribution < -0.4 is 5.32 Å². The zero-order valence-corrected chi connectivity index (χ0v) is 12.7. The van der Waals surface area contributed by atoms with Crippen molar-refractivity contribution < 1.29 is 4.79 Å². The molecule has 0 radical (unpaired) electrons. The summed E-state index contributed by atoms with van der Waals surface area (Å²) < 4.78 is 0. The standard InChI is InChI=1S/C15H22N2O.ClH/c1-11(2)13-6-4-5-7-14(13)15(18)17(3)12-8-9-16-10-12;/h4-7,11-12,16H,8-10H2,1-3H3;1H/t12-;/m0./s1. The molecule has 0 bridgehead atoms. The van der Waals surface area contributed by atoms with Gasteiger partial charge in [-0.1, -0.05) is 32.0 Å². The molecule has 0 spiro atoms. The SMILES string of the molecule is CC(C)c1ccccc1C(=O)N(C)[C@H]1CCNC1.Cl. The Bertz CT molecular complexity index is 428. The lowest BCUT2D eigenvalue weighted by Gasteiger charge is -2.25. The molecule has 1 N–H and O–H groups in total. The number of nitrogens with zero attached hydrogens (tertiary/aromatic N) is 1. The van der Waals surface area contributed by atoms with Crippen molar-refractivity contribution in [3.05, 3.63) is 35.4 Å². The molecule has 0 aromatic heterocycles. The molecule has 4 heteroatoms. The van der Waals surface area contributed by atoms with Gasteiger partial charge in [0.2, 0.25) is 0 Å². The maximum absolute atomic E-state index is 12.6. The van der Waals surface area contributed by atoms with Gasteiger partial charge in [0.25, 0.3) is 5.91 Å². The van der Waals surface area contributed by atoms with E-state index < -0.39 is 0 Å². The largest absolute Gasteiger partial charge is 0.337 e. The summed E-state index contributed by atoms with van der Waals surface area (Å²) in [5.74, 6) is 0.522. The van der Waals surface area contributed by atoms with Gasteiger partial charge in [-0.3, -0.25) is 4.79 Å². The molecule has 3 nitrogen and oxygen atoms in total. The molecule has 1 fully saturated rings. The van der Waals surface area contributed by atoms with Gasteiger partial charge in [-0.05, 0) is 30.5 Å². The number of hydrogen-bond acceptors (Lipinski definition) is 2. The predicted octanol–water partition coefficient (Wildman–Crippen LogP) is 2.67. The quantitative estimate of drug-likeness (QED) is 0.924. The fourth-order valence-corrected chi connectivity index (χ4v) is 2.52. The van der Waals surface area contributed by atoms with Gasteiger partial charge in [-0.2, -0.15) is 0 Å². The molecule has 1 heterocycles. The summed E-state index contributed by atoms with van der Waals surface area (Å²) in [6.07, 6.45) is 1.05. The number of likely N-dealkylation sites (N-methyl/N-ethyl adjacent to an activating group) is 1. The molecule has 1 aromatic carbocycles. The summed E-state index contributed by atoms with van der Waals surface area (Å²) >= 11 is 0. The molecule has 0 saturated carbocycles. The third-order valence-electron chi connectivity index (χ3n) is 3.72. The van der Waals surface area contributed by atoms with E-state index in [1.165, 1.54) is 0 Å². The minimum atomic E-state index is 0. The Kier molecular flexibility index (Phi) is 5.83. The summed E-state index contributed by atoms with van der Waals surface area (Å²) in [6.45, 7) is 6.17. The van der Waals surface area contributed by atoms with E-state index in [0.29, 0.717) is 12.0 Å². The van der Waals surface area contributed by atoms with E-state index in [2.05, 4.69) is 25.2 Å². The second kappa shape index (κ2) is 6.92. The average Bonchev–Trinajstić information content (AvgIpc) is 2.90. The minimum Gasteiger partial charge on any atom is -0.337 e. The van der Waals surface area contributed by atoms with Crippen molar-refractivity contribution in [2.75, 3.05) is 20.1 Å². The van der Waals surface area contributed by atoms with Crippen molar-refractivity contribution in [2.24, 2.45) is 0 Å². The number of hydrogen-bond donors (Lipinski definition) is 1. The molecule has 2 rings (SSSR count). The molecule has 0 aliphatic carbocycles. The summed E-state index contributed by atoms with van der Waals surface area (Å²) in [5.41, 5.74) is 1.99. The molecule has 0 unspecified atom stereocenters. The van der Waals surface area contributed by atoms with E-state index in [9.17, 15) is 4.79 Å². The highest BCUT2D eigenvalue weighted by atomic mass is 35.5. The lowest BCUT2D eigenvalue weighted by molar-refractivity contribution is 0.0742. The van der Waals surface area contributed by atoms with Crippen LogP contribution in [0.3, 0.4) is 0 Å². The lowest BCUT2D eigenvalue weighted by atomic mass is 9.96. The number of rotatable bonds is 3. The van der Waals surface area contributed by atoms with Crippen LogP contribution in [0.1, 0.15) is 42.1 Å². The van der Waals surface area contributed by atoms with Crippen molar-refractivity contribution in [3.8, 4) is 0 Å². The maximum atomic E-state index is 12.6. The molecule has 19 heavy (non-hydrogen) atoms. The van der Waals surface area contributed by atoms with Crippen molar-refractivity contribution in [2.45, 2.75) is 32.2 Å². The van der Waals surface area contributed by atoms with Crippen molar-refractivity contribution in [1.82, 2.24) is 10.2 Å². The van der Waals surface area contributed by atoms with Gasteiger partial charge in [-0.25, -0.2) is 0 Å². The van der Waals surface area contributed by atoms with Gasteiger partial charge in [0.15, 0.2) is 0 Å². The van der Waals surface area contributed by atoms with Crippen LogP contribution in [0.2, 0.25) is 0 Å². The van der Waals surface area contributed by atoms with Crippen LogP contribution in [0.4, 0.5) is 0 Å². The van der Waals surface area contributed by atoms with Crippen LogP contribution in [0.5, 0.6) is 0 Å². The zero-order chi connectivity index (χ0) is 13.1. The Morgan fingerprint density at radius 2 is 2.05 bits per heavy atom. The second-order valence-corrected chi connectivity index (χ2v) is 5.30. The number of halogens is 1. The Hall–Kier alpha value is -1.06. The average molecular weight is 283 g/mol. The van der Waals surface area contributed by atoms with Crippen LogP contribution in [0, 0.1) is 0 Å². The highest BCUT2D eigenvalue weighted by Gasteiger charge is 2.25. The molecule has 1 saturated heterocycles. The smallest absolute Gasteiger partial charge is 0.254 e. The number of nitrogens with one attached hydrogen (secondary N) is 1. The molecule has 106 valence electrons. The van der Waals surface area contributed by atoms with Crippen LogP contribution in [-0.4, -0.2) is 37.0 Å². The van der Waals surface area contributed by atoms with Gasteiger partial charge >= 0.3 is 0 Å². The van der Waals surface area contributed by atoms with Crippen molar-refractivity contribution in [3.63, 3.8) is 0 Å². The van der Waals surface area contributed by atoms with E-state index in [1.807, 2.05) is 30.1 Å². The van der Waals surface area contributed by atoms with Gasteiger partial charge in [0.1, 0.15) is 0 Å². The highest BCUT2D eigenvalue weighted by Crippen LogP contribution is 2.21. The second-order valence-electron chi connectivity index (χ2n) is 5.30. The minimum absolute atomic E-state index is 0. The molecule has 1 aromatic rings. The maximum Gasteiger partial charge on any atom is 0.254 e. The van der Waals surface area contributed by atoms with Crippen LogP contribution in [-0.2, 0) is 0 Å². The molecule has 1 aliphatic rings. The third-order valence-corrected chi connectivity index (χ3v) is 3.72. The third kappa shape index (κ3) is 3.48. The molecular formula is C15H23ClN2O. The normalized spacial score (nSPS) is 18.2. The first-order valence-electron chi connectivity index (χ1n) is 6.68. The number of carbonyl (C=O) groups is 1. The van der Waals surface area contributed by atoms with E-state index in [4.69, 9.17) is 0 Å². The van der Waals surface area contributed by atoms with Crippen LogP contribution in [0.15, 0.2) is 24.3 Å². The van der Waals surface area contributed by atoms with E-state index in [0.717, 1.165) is 30.6 Å². The van der Waals surface area contributed by atoms with Gasteiger partial charge < -0.3 is 10.2 Å². The van der Waals surface area contributed by atoms with Gasteiger partial charge in [0, 0.05) is 25.2 Å². The van der Waals surface area contributed by atoms with Crippen LogP contribution in [0.25, 0.3) is 0 Å². The Balaban J connectivity index is 0.00000180. The topological polar surface area (TPSA) is 32.3 Å². The first-order chi connectivity index (χ1) is 8.61. The zero-order valence-electron chi connectivity index (χ0n) is 11.8. The first kappa shape index (κ1) is 16.0. The fraction of sp³-hybridized carbons (Fsp3) is 0.533. The Morgan fingerprint density at radius 3 is 2.63 bits per heavy atom. The molecular weight excluding hydrogens is 260 g/mol. The van der Waals surface area contributed by atoms with Gasteiger partial charge in [-0.15, -0.1) is 12.4 Å². The van der Waals surface area contributed by atoms with Crippen molar-refractivity contribution in [1.29, 1.82) is 0 Å². The monoisotopic (exact) mass is 282 g/mol. The van der Waals surface area contributed by atoms with E-state index in [-0.39, 0.29) is 18.3 Å². The molecule has 1 aliphatic heterocycles. The summed E-state index contributed by atoms with van der Waals surface area (Å²) in [5, 5.41) is 3.30. The van der Waals surface area contributed by atoms with Gasteiger partial charge in [0.05, 0.1) is 0 Å². The lowest BCUT2D eigenvalue weighted by Crippen LogP contribution is -2.38. The Labute approximate surface area is 121 Å². The number of benzene rings is 1. The number of amides is 1. The van der Waals surface area contributed by atoms with Crippen LogP contribution >= 0.6 is 12.4 Å². The predicted molar refractivity (Wildman–Crippen MR) is 81.1 cm³/mol. The molecule has 1 amide bonds. The number of carbonyl (C=O) groups excluding carboxylic acids is 1. The van der Waals surface area contributed by atoms with E-state index >= 15 is 0 Å². The first-order valence-corrected chi connectivity index (χ1v) is 6.68. The summed E-state index contributed by atoms with van der Waals surface area (Å²) in [4.78, 5) is 14.4. The van der Waals surface area contributed by atoms with Crippen molar-refractivity contribution >= 4 is 18.3 Å². The van der Waals surface area contributed by atoms with E-state index in [1.54, 1.807) is 0 Å². The summed E-state index contributed by atoms with van der Waals surface area (Å²) in [6, 6.07) is 8.27. The highest BCUT2D eigenvalue weighted by molar-refractivity contribution is 5.96. The molecule has 1 atom stereocenters. The summed E-state index contributed by atoms with van der Waals surface area (Å²) in [7, 11) is 1.91. The Morgan fingerprint density at radius 1 is 1.37 bits per heavy atom. The fourth-order valence-electron chi connectivity index (χ4n) is 2.52.